The number of benzene rings is 1. The van der Waals surface area contributed by atoms with E-state index >= 15 is 0 Å². The Kier molecular flexibility index (Phi) is 3.86. The van der Waals surface area contributed by atoms with Crippen LogP contribution in [0, 0.1) is 17.8 Å². The first kappa shape index (κ1) is 16.2. The van der Waals surface area contributed by atoms with Crippen molar-refractivity contribution in [1.29, 1.82) is 0 Å². The molecule has 4 nitrogen and oxygen atoms in total. The molecule has 2 aromatic rings. The molecule has 4 rings (SSSR count). The molecule has 0 unspecified atom stereocenters. The average Bonchev–Trinajstić information content (AvgIpc) is 2.56. The van der Waals surface area contributed by atoms with Gasteiger partial charge in [-0.1, -0.05) is 26.0 Å². The summed E-state index contributed by atoms with van der Waals surface area (Å²) in [6, 6.07) is 7.03. The van der Waals surface area contributed by atoms with Gasteiger partial charge in [0.1, 0.15) is 11.5 Å². The summed E-state index contributed by atoms with van der Waals surface area (Å²) in [6.07, 6.45) is 4.09. The van der Waals surface area contributed by atoms with Crippen LogP contribution < -0.4 is 10.3 Å². The van der Waals surface area contributed by atoms with Gasteiger partial charge in [-0.15, -0.1) is 0 Å². The number of aromatic amines is 1. The van der Waals surface area contributed by atoms with Crippen LogP contribution in [0.2, 0.25) is 0 Å². The third-order valence-corrected chi connectivity index (χ3v) is 6.02. The highest BCUT2D eigenvalue weighted by Crippen LogP contribution is 2.52. The highest BCUT2D eigenvalue weighted by molar-refractivity contribution is 5.72. The highest BCUT2D eigenvalue weighted by Gasteiger charge is 2.45. The lowest BCUT2D eigenvalue weighted by Crippen LogP contribution is -2.43. The molecular formula is C21H25NO3. The van der Waals surface area contributed by atoms with Crippen LogP contribution in [0.15, 0.2) is 35.3 Å². The molecule has 0 amide bonds. The zero-order valence-electron chi connectivity index (χ0n) is 15.0. The number of aromatic nitrogens is 1. The van der Waals surface area contributed by atoms with Crippen LogP contribution in [0.4, 0.5) is 0 Å². The first-order valence-corrected chi connectivity index (χ1v) is 9.17. The lowest BCUT2D eigenvalue weighted by Gasteiger charge is -2.46. The Hall–Kier alpha value is -2.23. The van der Waals surface area contributed by atoms with Gasteiger partial charge in [0.05, 0.1) is 11.7 Å². The number of hydrogen-bond acceptors (Lipinski definition) is 3. The number of rotatable bonds is 1. The summed E-state index contributed by atoms with van der Waals surface area (Å²) < 4.78 is 6.31. The SMILES string of the molecule is C[C@H]1C[C@@H]2[C@H](c3c(c(-c4ccc(O)cc4)c[nH]c3=O)O[C@@H]2C)[C@@H](C)C1. The monoisotopic (exact) mass is 339 g/mol. The predicted octanol–water partition coefficient (Wildman–Crippen LogP) is 4.29. The van der Waals surface area contributed by atoms with Gasteiger partial charge >= 0.3 is 0 Å². The van der Waals surface area contributed by atoms with Crippen LogP contribution in [0.25, 0.3) is 11.1 Å². The van der Waals surface area contributed by atoms with E-state index in [9.17, 15) is 9.90 Å². The standard InChI is InChI=1S/C21H25NO3/c1-11-8-12(2)18-16(9-11)13(3)25-20-17(10-22-21(24)19(18)20)14-4-6-15(23)7-5-14/h4-7,10-13,16,18,23H,8-9H2,1-3H3,(H,22,24)/t11-,12+,13-,16+,18-/m1/s1. The van der Waals surface area contributed by atoms with Gasteiger partial charge in [0.15, 0.2) is 0 Å². The van der Waals surface area contributed by atoms with Gasteiger partial charge < -0.3 is 14.8 Å². The minimum absolute atomic E-state index is 0.0270. The lowest BCUT2D eigenvalue weighted by atomic mass is 9.63. The maximum atomic E-state index is 12.7. The van der Waals surface area contributed by atoms with Crippen molar-refractivity contribution < 1.29 is 9.84 Å². The van der Waals surface area contributed by atoms with Crippen LogP contribution in [0.3, 0.4) is 0 Å². The molecule has 1 aliphatic carbocycles. The number of nitrogens with one attached hydrogen (secondary N) is 1. The Balaban J connectivity index is 1.88. The van der Waals surface area contributed by atoms with Crippen molar-refractivity contribution in [1.82, 2.24) is 4.98 Å². The van der Waals surface area contributed by atoms with Gasteiger partial charge in [0, 0.05) is 23.6 Å². The van der Waals surface area contributed by atoms with Crippen molar-refractivity contribution in [2.24, 2.45) is 17.8 Å². The second-order valence-corrected chi connectivity index (χ2v) is 7.89. The minimum atomic E-state index is -0.0270. The summed E-state index contributed by atoms with van der Waals surface area (Å²) in [4.78, 5) is 15.6. The van der Waals surface area contributed by atoms with Crippen LogP contribution in [-0.4, -0.2) is 16.2 Å². The smallest absolute Gasteiger partial charge is 0.255 e. The maximum Gasteiger partial charge on any atom is 0.255 e. The molecule has 1 aliphatic heterocycles. The number of phenols is 1. The molecule has 0 spiro atoms. The molecule has 0 radical (unpaired) electrons. The van der Waals surface area contributed by atoms with Crippen LogP contribution in [0.1, 0.15) is 45.1 Å². The first-order valence-electron chi connectivity index (χ1n) is 9.17. The fourth-order valence-electron chi connectivity index (χ4n) is 4.98. The molecule has 1 saturated carbocycles. The second-order valence-electron chi connectivity index (χ2n) is 7.89. The predicted molar refractivity (Wildman–Crippen MR) is 98.0 cm³/mol. The average molecular weight is 339 g/mol. The second kappa shape index (κ2) is 5.94. The zero-order valence-corrected chi connectivity index (χ0v) is 15.0. The summed E-state index contributed by atoms with van der Waals surface area (Å²) in [5, 5.41) is 9.55. The van der Waals surface area contributed by atoms with Gasteiger partial charge in [0.2, 0.25) is 0 Å². The number of pyridine rings is 1. The van der Waals surface area contributed by atoms with Crippen LogP contribution >= 0.6 is 0 Å². The molecule has 0 bridgehead atoms. The molecule has 2 N–H and O–H groups in total. The molecule has 132 valence electrons. The van der Waals surface area contributed by atoms with Crippen LogP contribution in [0.5, 0.6) is 11.5 Å². The van der Waals surface area contributed by atoms with E-state index in [0.717, 1.165) is 35.3 Å². The van der Waals surface area contributed by atoms with Gasteiger partial charge in [-0.2, -0.15) is 0 Å². The largest absolute Gasteiger partial charge is 0.508 e. The van der Waals surface area contributed by atoms with E-state index in [1.54, 1.807) is 18.3 Å². The highest BCUT2D eigenvalue weighted by atomic mass is 16.5. The van der Waals surface area contributed by atoms with E-state index in [1.165, 1.54) is 0 Å². The molecule has 2 aliphatic rings. The van der Waals surface area contributed by atoms with E-state index in [1.807, 2.05) is 12.1 Å². The van der Waals surface area contributed by atoms with E-state index < -0.39 is 0 Å². The Labute approximate surface area is 147 Å². The Morgan fingerprint density at radius 2 is 1.84 bits per heavy atom. The van der Waals surface area contributed by atoms with Crippen molar-refractivity contribution in [3.8, 4) is 22.6 Å². The van der Waals surface area contributed by atoms with Crippen molar-refractivity contribution in [2.45, 2.75) is 45.6 Å². The van der Waals surface area contributed by atoms with Crippen LogP contribution in [-0.2, 0) is 0 Å². The van der Waals surface area contributed by atoms with E-state index in [-0.39, 0.29) is 23.3 Å². The lowest BCUT2D eigenvalue weighted by molar-refractivity contribution is 0.0423. The summed E-state index contributed by atoms with van der Waals surface area (Å²) in [5.41, 5.74) is 2.62. The zero-order chi connectivity index (χ0) is 17.7. The number of aromatic hydroxyl groups is 1. The summed E-state index contributed by atoms with van der Waals surface area (Å²) in [7, 11) is 0. The number of ether oxygens (including phenoxy) is 1. The third kappa shape index (κ3) is 2.64. The van der Waals surface area contributed by atoms with Gasteiger partial charge in [0.25, 0.3) is 5.56 Å². The van der Waals surface area contributed by atoms with E-state index in [2.05, 4.69) is 25.8 Å². The van der Waals surface area contributed by atoms with E-state index in [4.69, 9.17) is 4.74 Å². The van der Waals surface area contributed by atoms with Gasteiger partial charge in [-0.05, 0) is 49.3 Å². The third-order valence-electron chi connectivity index (χ3n) is 6.02. The van der Waals surface area contributed by atoms with Crippen molar-refractivity contribution in [3.05, 3.63) is 46.4 Å². The molecule has 4 heteroatoms. The number of H-pyrrole nitrogens is 1. The Morgan fingerprint density at radius 3 is 2.56 bits per heavy atom. The molecule has 0 saturated heterocycles. The summed E-state index contributed by atoms with van der Waals surface area (Å²) in [6.45, 7) is 6.70. The molecule has 1 aromatic carbocycles. The van der Waals surface area contributed by atoms with E-state index in [0.29, 0.717) is 17.8 Å². The number of hydrogen-bond donors (Lipinski definition) is 2. The van der Waals surface area contributed by atoms with Gasteiger partial charge in [-0.3, -0.25) is 4.79 Å². The topological polar surface area (TPSA) is 62.3 Å². The molecule has 25 heavy (non-hydrogen) atoms. The Morgan fingerprint density at radius 1 is 1.12 bits per heavy atom. The van der Waals surface area contributed by atoms with Gasteiger partial charge in [-0.25, -0.2) is 0 Å². The van der Waals surface area contributed by atoms with Crippen molar-refractivity contribution >= 4 is 0 Å². The van der Waals surface area contributed by atoms with Crippen molar-refractivity contribution in [3.63, 3.8) is 0 Å². The normalized spacial score (nSPS) is 30.9. The summed E-state index contributed by atoms with van der Waals surface area (Å²) >= 11 is 0. The maximum absolute atomic E-state index is 12.7. The first-order chi connectivity index (χ1) is 12.0. The molecule has 1 fully saturated rings. The van der Waals surface area contributed by atoms with Crippen molar-refractivity contribution in [2.75, 3.05) is 0 Å². The minimum Gasteiger partial charge on any atom is -0.508 e. The number of fused-ring (bicyclic) bond motifs is 3. The summed E-state index contributed by atoms with van der Waals surface area (Å²) in [5.74, 6) is 2.73. The fraction of sp³-hybridized carbons (Fsp3) is 0.476. The molecule has 1 aromatic heterocycles. The number of phenolic OH excluding ortho intramolecular Hbond substituents is 1. The molecular weight excluding hydrogens is 314 g/mol. The quantitative estimate of drug-likeness (QED) is 0.814. The Bertz CT molecular complexity index is 839. The fourth-order valence-corrected chi connectivity index (χ4v) is 4.98. The molecule has 5 atom stereocenters. The molecule has 2 heterocycles.